The lowest BCUT2D eigenvalue weighted by molar-refractivity contribution is 0.133. The van der Waals surface area contributed by atoms with Gasteiger partial charge in [-0.25, -0.2) is 9.78 Å². The van der Waals surface area contributed by atoms with Gasteiger partial charge in [0, 0.05) is 49.8 Å². The third kappa shape index (κ3) is 5.82. The number of ether oxygens (including phenoxy) is 3. The SMILES string of the molecule is CCOCc1cc(Nc2ncc(-c3ccc(N4CCNC4=O)cc3)o2)cc(OCCOC)c1. The van der Waals surface area contributed by atoms with Crippen molar-refractivity contribution in [2.45, 2.75) is 13.5 Å². The molecule has 1 fully saturated rings. The van der Waals surface area contributed by atoms with E-state index in [0.717, 1.165) is 22.5 Å². The lowest BCUT2D eigenvalue weighted by Crippen LogP contribution is -2.27. The zero-order valence-electron chi connectivity index (χ0n) is 18.8. The largest absolute Gasteiger partial charge is 0.491 e. The second-order valence-electron chi connectivity index (χ2n) is 7.43. The molecule has 1 aliphatic heterocycles. The molecule has 33 heavy (non-hydrogen) atoms. The maximum atomic E-state index is 11.8. The first-order valence-corrected chi connectivity index (χ1v) is 10.9. The number of amides is 2. The molecule has 174 valence electrons. The molecular formula is C24H28N4O5. The first-order valence-electron chi connectivity index (χ1n) is 10.9. The number of carbonyl (C=O) groups is 1. The molecule has 0 atom stereocenters. The Morgan fingerprint density at radius 2 is 2.03 bits per heavy atom. The van der Waals surface area contributed by atoms with Crippen LogP contribution >= 0.6 is 0 Å². The van der Waals surface area contributed by atoms with Crippen molar-refractivity contribution >= 4 is 23.4 Å². The van der Waals surface area contributed by atoms with Gasteiger partial charge in [-0.05, 0) is 48.9 Å². The van der Waals surface area contributed by atoms with Crippen LogP contribution in [-0.2, 0) is 16.1 Å². The number of nitrogens with zero attached hydrogens (tertiary/aromatic N) is 2. The third-order valence-electron chi connectivity index (χ3n) is 5.07. The number of oxazole rings is 1. The van der Waals surface area contributed by atoms with Crippen molar-refractivity contribution in [1.29, 1.82) is 0 Å². The Kier molecular flexibility index (Phi) is 7.43. The molecule has 2 heterocycles. The first kappa shape index (κ1) is 22.6. The molecule has 3 aromatic rings. The summed E-state index contributed by atoms with van der Waals surface area (Å²) in [6.45, 7) is 5.33. The van der Waals surface area contributed by atoms with E-state index in [-0.39, 0.29) is 6.03 Å². The van der Waals surface area contributed by atoms with Crippen molar-refractivity contribution in [2.75, 3.05) is 50.2 Å². The maximum absolute atomic E-state index is 11.8. The number of carbonyl (C=O) groups excluding carboxylic acids is 1. The Hall–Kier alpha value is -3.56. The van der Waals surface area contributed by atoms with Crippen molar-refractivity contribution in [3.63, 3.8) is 0 Å². The fraction of sp³-hybridized carbons (Fsp3) is 0.333. The number of rotatable bonds is 11. The Balaban J connectivity index is 1.47. The minimum Gasteiger partial charge on any atom is -0.491 e. The van der Waals surface area contributed by atoms with Gasteiger partial charge in [0.1, 0.15) is 12.4 Å². The van der Waals surface area contributed by atoms with Gasteiger partial charge in [-0.3, -0.25) is 4.90 Å². The fourth-order valence-corrected chi connectivity index (χ4v) is 3.47. The topological polar surface area (TPSA) is 98.1 Å². The van der Waals surface area contributed by atoms with Gasteiger partial charge in [-0.2, -0.15) is 0 Å². The Morgan fingerprint density at radius 1 is 1.18 bits per heavy atom. The lowest BCUT2D eigenvalue weighted by atomic mass is 10.1. The Bertz CT molecular complexity index is 1070. The highest BCUT2D eigenvalue weighted by molar-refractivity contribution is 5.94. The quantitative estimate of drug-likeness (QED) is 0.421. The van der Waals surface area contributed by atoms with E-state index in [9.17, 15) is 4.79 Å². The lowest BCUT2D eigenvalue weighted by Gasteiger charge is -2.14. The molecule has 1 aromatic heterocycles. The summed E-state index contributed by atoms with van der Waals surface area (Å²) in [5.41, 5.74) is 3.47. The van der Waals surface area contributed by atoms with Crippen LogP contribution in [0.25, 0.3) is 11.3 Å². The number of urea groups is 1. The minimum atomic E-state index is -0.0777. The molecule has 2 aromatic carbocycles. The van der Waals surface area contributed by atoms with Crippen LogP contribution in [0.15, 0.2) is 53.1 Å². The van der Waals surface area contributed by atoms with E-state index in [2.05, 4.69) is 15.6 Å². The van der Waals surface area contributed by atoms with Crippen molar-refractivity contribution in [3.05, 3.63) is 54.2 Å². The summed E-state index contributed by atoms with van der Waals surface area (Å²) < 4.78 is 22.3. The van der Waals surface area contributed by atoms with E-state index in [0.29, 0.717) is 57.0 Å². The molecule has 2 amide bonds. The van der Waals surface area contributed by atoms with Gasteiger partial charge in [0.15, 0.2) is 5.76 Å². The average molecular weight is 453 g/mol. The molecule has 9 nitrogen and oxygen atoms in total. The van der Waals surface area contributed by atoms with Gasteiger partial charge >= 0.3 is 6.03 Å². The number of aromatic nitrogens is 1. The normalized spacial score (nSPS) is 13.3. The number of nitrogens with one attached hydrogen (secondary N) is 2. The van der Waals surface area contributed by atoms with E-state index in [1.165, 1.54) is 0 Å². The van der Waals surface area contributed by atoms with Crippen molar-refractivity contribution in [1.82, 2.24) is 10.3 Å². The van der Waals surface area contributed by atoms with Crippen LogP contribution in [0.4, 0.5) is 22.2 Å². The molecular weight excluding hydrogens is 424 g/mol. The summed E-state index contributed by atoms with van der Waals surface area (Å²) in [5.74, 6) is 1.33. The van der Waals surface area contributed by atoms with Gasteiger partial charge in [-0.1, -0.05) is 0 Å². The number of anilines is 3. The molecule has 0 spiro atoms. The van der Waals surface area contributed by atoms with Crippen molar-refractivity contribution in [3.8, 4) is 17.1 Å². The number of benzene rings is 2. The molecule has 0 saturated carbocycles. The summed E-state index contributed by atoms with van der Waals surface area (Å²) in [6.07, 6.45) is 1.67. The molecule has 2 N–H and O–H groups in total. The summed E-state index contributed by atoms with van der Waals surface area (Å²) in [6, 6.07) is 13.7. The zero-order valence-corrected chi connectivity index (χ0v) is 18.8. The summed E-state index contributed by atoms with van der Waals surface area (Å²) in [7, 11) is 1.64. The number of methoxy groups -OCH3 is 1. The average Bonchev–Trinajstić information content (AvgIpc) is 3.47. The van der Waals surface area contributed by atoms with E-state index in [1.807, 2.05) is 49.4 Å². The van der Waals surface area contributed by atoms with Crippen LogP contribution in [0.2, 0.25) is 0 Å². The van der Waals surface area contributed by atoms with Crippen LogP contribution in [0, 0.1) is 0 Å². The van der Waals surface area contributed by atoms with E-state index in [1.54, 1.807) is 18.2 Å². The van der Waals surface area contributed by atoms with Gasteiger partial charge < -0.3 is 29.3 Å². The molecule has 0 aliphatic carbocycles. The van der Waals surface area contributed by atoms with E-state index < -0.39 is 0 Å². The highest BCUT2D eigenvalue weighted by Crippen LogP contribution is 2.29. The van der Waals surface area contributed by atoms with Crippen LogP contribution in [0.1, 0.15) is 12.5 Å². The molecule has 4 rings (SSSR count). The van der Waals surface area contributed by atoms with Crippen molar-refractivity contribution in [2.24, 2.45) is 0 Å². The zero-order chi connectivity index (χ0) is 23.0. The molecule has 9 heteroatoms. The predicted molar refractivity (Wildman–Crippen MR) is 125 cm³/mol. The number of hydrogen-bond donors (Lipinski definition) is 2. The number of hydrogen-bond acceptors (Lipinski definition) is 7. The van der Waals surface area contributed by atoms with Gasteiger partial charge in [0.2, 0.25) is 0 Å². The Labute approximate surface area is 192 Å². The second kappa shape index (κ2) is 10.8. The van der Waals surface area contributed by atoms with Crippen LogP contribution < -0.4 is 20.3 Å². The molecule has 0 radical (unpaired) electrons. The highest BCUT2D eigenvalue weighted by atomic mass is 16.5. The van der Waals surface area contributed by atoms with Crippen LogP contribution in [-0.4, -0.2) is 51.0 Å². The minimum absolute atomic E-state index is 0.0777. The van der Waals surface area contributed by atoms with Gasteiger partial charge in [0.05, 0.1) is 19.4 Å². The third-order valence-corrected chi connectivity index (χ3v) is 5.07. The summed E-state index contributed by atoms with van der Waals surface area (Å²) >= 11 is 0. The van der Waals surface area contributed by atoms with Gasteiger partial charge in [-0.15, -0.1) is 0 Å². The van der Waals surface area contributed by atoms with Crippen LogP contribution in [0.3, 0.4) is 0 Å². The molecule has 0 bridgehead atoms. The van der Waals surface area contributed by atoms with E-state index >= 15 is 0 Å². The monoisotopic (exact) mass is 452 g/mol. The van der Waals surface area contributed by atoms with E-state index in [4.69, 9.17) is 18.6 Å². The first-order chi connectivity index (χ1) is 16.2. The molecule has 0 unspecified atom stereocenters. The smallest absolute Gasteiger partial charge is 0.321 e. The van der Waals surface area contributed by atoms with Crippen LogP contribution in [0.5, 0.6) is 5.75 Å². The fourth-order valence-electron chi connectivity index (χ4n) is 3.47. The predicted octanol–water partition coefficient (Wildman–Crippen LogP) is 4.18. The Morgan fingerprint density at radius 3 is 2.76 bits per heavy atom. The maximum Gasteiger partial charge on any atom is 0.321 e. The van der Waals surface area contributed by atoms with Gasteiger partial charge in [0.25, 0.3) is 6.01 Å². The molecule has 1 aliphatic rings. The summed E-state index contributed by atoms with van der Waals surface area (Å²) in [5, 5.41) is 6.00. The second-order valence-corrected chi connectivity index (χ2v) is 7.43. The van der Waals surface area contributed by atoms with Crippen molar-refractivity contribution < 1.29 is 23.4 Å². The highest BCUT2D eigenvalue weighted by Gasteiger charge is 2.21. The standard InChI is InChI=1S/C24H28N4O5/c1-3-31-16-17-12-19(14-21(13-17)32-11-10-30-2)27-23-26-15-22(33-23)18-4-6-20(7-5-18)28-9-8-25-24(28)29/h4-7,12-15H,3,8-11,16H2,1-2H3,(H,25,29)(H,26,27). The summed E-state index contributed by atoms with van der Waals surface area (Å²) in [4.78, 5) is 17.9. The molecule has 1 saturated heterocycles.